The second kappa shape index (κ2) is 11.1. The fourth-order valence-corrected chi connectivity index (χ4v) is 6.17. The van der Waals surface area contributed by atoms with Gasteiger partial charge in [-0.3, -0.25) is 0 Å². The van der Waals surface area contributed by atoms with Crippen molar-refractivity contribution < 1.29 is 0 Å². The number of benzene rings is 7. The van der Waals surface area contributed by atoms with E-state index in [0.717, 1.165) is 39.2 Å². The van der Waals surface area contributed by atoms with Crippen molar-refractivity contribution in [2.75, 3.05) is 0 Å². The summed E-state index contributed by atoms with van der Waals surface area (Å²) in [5.41, 5.74) is 9.46. The van der Waals surface area contributed by atoms with Crippen molar-refractivity contribution in [1.82, 2.24) is 9.97 Å². The van der Waals surface area contributed by atoms with Gasteiger partial charge in [0, 0.05) is 22.3 Å². The van der Waals surface area contributed by atoms with Crippen LogP contribution in [0.15, 0.2) is 170 Å². The smallest absolute Gasteiger partial charge is 0.160 e. The molecule has 0 amide bonds. The third-order valence-corrected chi connectivity index (χ3v) is 8.29. The molecule has 0 unspecified atom stereocenters. The van der Waals surface area contributed by atoms with Crippen molar-refractivity contribution in [1.29, 1.82) is 0 Å². The maximum absolute atomic E-state index is 5.26. The highest BCUT2D eigenvalue weighted by atomic mass is 14.9. The summed E-state index contributed by atoms with van der Waals surface area (Å²) >= 11 is 0. The highest BCUT2D eigenvalue weighted by molar-refractivity contribution is 6.13. The van der Waals surface area contributed by atoms with E-state index in [0.29, 0.717) is 5.82 Å². The summed E-state index contributed by atoms with van der Waals surface area (Å²) in [5.74, 6) is 0.706. The van der Waals surface area contributed by atoms with Crippen LogP contribution in [0.25, 0.3) is 77.7 Å². The zero-order valence-corrected chi connectivity index (χ0v) is 24.1. The minimum absolute atomic E-state index is 0.706. The summed E-state index contributed by atoms with van der Waals surface area (Å²) in [6, 6.07) is 59.6. The van der Waals surface area contributed by atoms with Crippen LogP contribution < -0.4 is 0 Å². The predicted molar refractivity (Wildman–Crippen MR) is 184 cm³/mol. The zero-order chi connectivity index (χ0) is 29.3. The first-order valence-corrected chi connectivity index (χ1v) is 14.9. The van der Waals surface area contributed by atoms with E-state index in [1.807, 2.05) is 18.2 Å². The molecule has 0 spiro atoms. The lowest BCUT2D eigenvalue weighted by atomic mass is 9.92. The van der Waals surface area contributed by atoms with Crippen molar-refractivity contribution in [2.45, 2.75) is 0 Å². The van der Waals surface area contributed by atoms with E-state index in [9.17, 15) is 0 Å². The van der Waals surface area contributed by atoms with Gasteiger partial charge in [0.15, 0.2) is 5.82 Å². The number of hydrogen-bond acceptors (Lipinski definition) is 2. The normalized spacial score (nSPS) is 11.2. The van der Waals surface area contributed by atoms with Crippen molar-refractivity contribution >= 4 is 21.5 Å². The molecule has 0 aliphatic rings. The van der Waals surface area contributed by atoms with Crippen LogP contribution in [0.4, 0.5) is 0 Å². The lowest BCUT2D eigenvalue weighted by molar-refractivity contribution is 1.18. The number of nitrogens with zero attached hydrogens (tertiary/aromatic N) is 2. The number of aromatic nitrogens is 2. The van der Waals surface area contributed by atoms with Gasteiger partial charge in [-0.05, 0) is 44.3 Å². The van der Waals surface area contributed by atoms with Crippen LogP contribution in [0, 0.1) is 0 Å². The third-order valence-electron chi connectivity index (χ3n) is 8.29. The number of fused-ring (bicyclic) bond motifs is 3. The molecule has 1 aromatic heterocycles. The van der Waals surface area contributed by atoms with Gasteiger partial charge >= 0.3 is 0 Å². The topological polar surface area (TPSA) is 25.8 Å². The molecule has 0 radical (unpaired) electrons. The van der Waals surface area contributed by atoms with Gasteiger partial charge in [-0.25, -0.2) is 9.97 Å². The van der Waals surface area contributed by atoms with E-state index in [2.05, 4.69) is 152 Å². The first-order chi connectivity index (χ1) is 21.8. The van der Waals surface area contributed by atoms with E-state index in [1.54, 1.807) is 0 Å². The van der Waals surface area contributed by atoms with Gasteiger partial charge in [-0.15, -0.1) is 0 Å². The molecule has 0 atom stereocenters. The van der Waals surface area contributed by atoms with Crippen LogP contribution in [0.3, 0.4) is 0 Å². The molecule has 0 N–H and O–H groups in total. The van der Waals surface area contributed by atoms with Gasteiger partial charge in [-0.1, -0.05) is 164 Å². The Kier molecular flexibility index (Phi) is 6.51. The van der Waals surface area contributed by atoms with Crippen molar-refractivity contribution in [2.24, 2.45) is 0 Å². The highest BCUT2D eigenvalue weighted by Gasteiger charge is 2.20. The summed E-state index contributed by atoms with van der Waals surface area (Å²) in [5, 5.41) is 5.03. The maximum atomic E-state index is 5.26. The highest BCUT2D eigenvalue weighted by Crippen LogP contribution is 2.40. The Bertz CT molecular complexity index is 2180. The third kappa shape index (κ3) is 4.63. The van der Waals surface area contributed by atoms with Gasteiger partial charge in [0.25, 0.3) is 0 Å². The van der Waals surface area contributed by atoms with Crippen LogP contribution >= 0.6 is 0 Å². The molecule has 206 valence electrons. The van der Waals surface area contributed by atoms with E-state index in [1.165, 1.54) is 32.7 Å². The summed E-state index contributed by atoms with van der Waals surface area (Å²) in [6.45, 7) is 0. The Morgan fingerprint density at radius 3 is 1.36 bits per heavy atom. The summed E-state index contributed by atoms with van der Waals surface area (Å²) in [6.07, 6.45) is 0. The summed E-state index contributed by atoms with van der Waals surface area (Å²) in [4.78, 5) is 10.5. The lowest BCUT2D eigenvalue weighted by Crippen LogP contribution is -2.00. The fraction of sp³-hybridized carbons (Fsp3) is 0. The Morgan fingerprint density at radius 1 is 0.318 bits per heavy atom. The molecule has 2 heteroatoms. The Balaban J connectivity index is 1.32. The van der Waals surface area contributed by atoms with Gasteiger partial charge in [0.05, 0.1) is 11.4 Å². The molecule has 0 fully saturated rings. The van der Waals surface area contributed by atoms with Crippen LogP contribution in [-0.4, -0.2) is 9.97 Å². The molecule has 0 aliphatic heterocycles. The molecule has 7 aromatic carbocycles. The van der Waals surface area contributed by atoms with E-state index < -0.39 is 0 Å². The van der Waals surface area contributed by atoms with E-state index in [-0.39, 0.29) is 0 Å². The van der Waals surface area contributed by atoms with Gasteiger partial charge < -0.3 is 0 Å². The number of rotatable bonds is 5. The monoisotopic (exact) mass is 560 g/mol. The minimum Gasteiger partial charge on any atom is -0.227 e. The Hall–Kier alpha value is -5.86. The van der Waals surface area contributed by atoms with Gasteiger partial charge in [0.1, 0.15) is 0 Å². The molecule has 8 rings (SSSR count). The SMILES string of the molecule is c1ccc(-c2nc(-c3ccc(-c4cc5ccccc5c5ccccc45)cc3)nc(-c3ccccc3)c2-c2ccccc2)cc1. The van der Waals surface area contributed by atoms with Crippen molar-refractivity contribution in [3.8, 4) is 56.2 Å². The molecule has 0 saturated carbocycles. The van der Waals surface area contributed by atoms with Crippen LogP contribution in [0.2, 0.25) is 0 Å². The molecule has 0 saturated heterocycles. The quantitative estimate of drug-likeness (QED) is 0.196. The summed E-state index contributed by atoms with van der Waals surface area (Å²) in [7, 11) is 0. The van der Waals surface area contributed by atoms with E-state index in [4.69, 9.17) is 9.97 Å². The predicted octanol–water partition coefficient (Wildman–Crippen LogP) is 11.1. The first kappa shape index (κ1) is 25.8. The van der Waals surface area contributed by atoms with E-state index >= 15 is 0 Å². The van der Waals surface area contributed by atoms with Crippen LogP contribution in [-0.2, 0) is 0 Å². The standard InChI is InChI=1S/C42H28N2/c1-4-14-30(15-5-1)39-40(31-16-6-2-7-17-31)43-42(44-41(39)32-18-8-3-9-19-32)33-26-24-29(25-27-33)38-28-34-20-10-11-21-35(34)36-22-12-13-23-37(36)38/h1-28H. The molecule has 0 aliphatic carbocycles. The first-order valence-electron chi connectivity index (χ1n) is 14.9. The largest absolute Gasteiger partial charge is 0.227 e. The van der Waals surface area contributed by atoms with Crippen molar-refractivity contribution in [3.63, 3.8) is 0 Å². The van der Waals surface area contributed by atoms with Crippen molar-refractivity contribution in [3.05, 3.63) is 170 Å². The molecule has 0 bridgehead atoms. The maximum Gasteiger partial charge on any atom is 0.160 e. The molecule has 8 aromatic rings. The van der Waals surface area contributed by atoms with Crippen LogP contribution in [0.1, 0.15) is 0 Å². The number of hydrogen-bond donors (Lipinski definition) is 0. The molecule has 2 nitrogen and oxygen atoms in total. The van der Waals surface area contributed by atoms with Crippen LogP contribution in [0.5, 0.6) is 0 Å². The zero-order valence-electron chi connectivity index (χ0n) is 24.1. The Morgan fingerprint density at radius 2 is 0.773 bits per heavy atom. The second-order valence-electron chi connectivity index (χ2n) is 11.0. The lowest BCUT2D eigenvalue weighted by Gasteiger charge is -2.17. The minimum atomic E-state index is 0.706. The molecule has 1 heterocycles. The fourth-order valence-electron chi connectivity index (χ4n) is 6.17. The van der Waals surface area contributed by atoms with Gasteiger partial charge in [0.2, 0.25) is 0 Å². The average Bonchev–Trinajstić information content (AvgIpc) is 3.12. The molecular formula is C42H28N2. The van der Waals surface area contributed by atoms with Gasteiger partial charge in [-0.2, -0.15) is 0 Å². The summed E-state index contributed by atoms with van der Waals surface area (Å²) < 4.78 is 0. The molecular weight excluding hydrogens is 532 g/mol. The average molecular weight is 561 g/mol. The second-order valence-corrected chi connectivity index (χ2v) is 11.0. The Labute approximate surface area is 257 Å². The molecule has 44 heavy (non-hydrogen) atoms.